The van der Waals surface area contributed by atoms with E-state index >= 15 is 0 Å². The van der Waals surface area contributed by atoms with Gasteiger partial charge in [0, 0.05) is 32.7 Å². The van der Waals surface area contributed by atoms with Gasteiger partial charge in [-0.15, -0.1) is 0 Å². The second-order valence-electron chi connectivity index (χ2n) is 8.62. The van der Waals surface area contributed by atoms with E-state index in [1.807, 2.05) is 43.3 Å². The zero-order chi connectivity index (χ0) is 23.4. The lowest BCUT2D eigenvalue weighted by molar-refractivity contribution is -0.133. The molecule has 0 saturated carbocycles. The Hall–Kier alpha value is -3.47. The van der Waals surface area contributed by atoms with Gasteiger partial charge in [-0.05, 0) is 59.4 Å². The summed E-state index contributed by atoms with van der Waals surface area (Å²) in [6.07, 6.45) is 2.00. The average molecular weight is 445 g/mol. The zero-order valence-corrected chi connectivity index (χ0v) is 19.9. The maximum Gasteiger partial charge on any atom is 0.223 e. The monoisotopic (exact) mass is 444 g/mol. The van der Waals surface area contributed by atoms with Crippen LogP contribution in [0.1, 0.15) is 34.7 Å². The zero-order valence-electron chi connectivity index (χ0n) is 19.9. The van der Waals surface area contributed by atoms with Gasteiger partial charge in [-0.3, -0.25) is 4.79 Å². The predicted molar refractivity (Wildman–Crippen MR) is 132 cm³/mol. The van der Waals surface area contributed by atoms with Crippen molar-refractivity contribution >= 4 is 11.6 Å². The molecular weight excluding hydrogens is 412 g/mol. The van der Waals surface area contributed by atoms with E-state index in [1.165, 1.54) is 11.1 Å². The number of methoxy groups -OCH3 is 2. The van der Waals surface area contributed by atoms with Gasteiger partial charge >= 0.3 is 0 Å². The van der Waals surface area contributed by atoms with Crippen LogP contribution >= 0.6 is 0 Å². The largest absolute Gasteiger partial charge is 0.493 e. The first-order valence-corrected chi connectivity index (χ1v) is 11.4. The fraction of sp³-hybridized carbons (Fsp3) is 0.321. The first-order valence-electron chi connectivity index (χ1n) is 11.4. The minimum absolute atomic E-state index is 0.140. The van der Waals surface area contributed by atoms with Gasteiger partial charge in [0.05, 0.1) is 20.3 Å². The molecule has 0 fully saturated rings. The molecule has 1 unspecified atom stereocenters. The molecule has 0 spiro atoms. The summed E-state index contributed by atoms with van der Waals surface area (Å²) in [6, 6.07) is 22.6. The Kier molecular flexibility index (Phi) is 6.87. The lowest BCUT2D eigenvalue weighted by Gasteiger charge is -2.38. The molecule has 5 nitrogen and oxygen atoms in total. The van der Waals surface area contributed by atoms with Crippen molar-refractivity contribution in [3.05, 3.63) is 89.0 Å². The number of amides is 1. The summed E-state index contributed by atoms with van der Waals surface area (Å²) < 4.78 is 11.1. The van der Waals surface area contributed by atoms with Gasteiger partial charge in [-0.1, -0.05) is 42.5 Å². The van der Waals surface area contributed by atoms with E-state index in [-0.39, 0.29) is 11.9 Å². The smallest absolute Gasteiger partial charge is 0.223 e. The van der Waals surface area contributed by atoms with Crippen LogP contribution in [0, 0.1) is 0 Å². The van der Waals surface area contributed by atoms with Crippen LogP contribution in [0.15, 0.2) is 66.7 Å². The fourth-order valence-electron chi connectivity index (χ4n) is 4.56. The van der Waals surface area contributed by atoms with E-state index in [4.69, 9.17) is 9.47 Å². The third-order valence-corrected chi connectivity index (χ3v) is 6.39. The van der Waals surface area contributed by atoms with Gasteiger partial charge in [-0.25, -0.2) is 0 Å². The Labute approximate surface area is 196 Å². The van der Waals surface area contributed by atoms with E-state index < -0.39 is 0 Å². The van der Waals surface area contributed by atoms with Gasteiger partial charge in [0.25, 0.3) is 0 Å². The predicted octanol–water partition coefficient (Wildman–Crippen LogP) is 4.88. The molecule has 172 valence electrons. The highest BCUT2D eigenvalue weighted by atomic mass is 16.5. The van der Waals surface area contributed by atoms with Gasteiger partial charge in [0.2, 0.25) is 5.91 Å². The average Bonchev–Trinajstić information content (AvgIpc) is 2.86. The summed E-state index contributed by atoms with van der Waals surface area (Å²) in [5.74, 6) is 1.58. The highest BCUT2D eigenvalue weighted by Crippen LogP contribution is 2.41. The molecule has 1 atom stereocenters. The maximum atomic E-state index is 13.5. The Bertz CT molecular complexity index is 1090. The molecule has 0 N–H and O–H groups in total. The van der Waals surface area contributed by atoms with Crippen LogP contribution < -0.4 is 14.4 Å². The van der Waals surface area contributed by atoms with Crippen molar-refractivity contribution in [2.24, 2.45) is 0 Å². The van der Waals surface area contributed by atoms with E-state index in [0.29, 0.717) is 18.7 Å². The van der Waals surface area contributed by atoms with Gasteiger partial charge in [0.15, 0.2) is 11.5 Å². The number of hydrogen-bond donors (Lipinski definition) is 0. The van der Waals surface area contributed by atoms with Crippen LogP contribution in [0.5, 0.6) is 11.5 Å². The minimum Gasteiger partial charge on any atom is -0.493 e. The number of fused-ring (bicyclic) bond motifs is 1. The maximum absolute atomic E-state index is 13.5. The van der Waals surface area contributed by atoms with Crippen molar-refractivity contribution in [3.63, 3.8) is 0 Å². The highest BCUT2D eigenvalue weighted by Gasteiger charge is 2.33. The molecular formula is C28H32N2O3. The summed E-state index contributed by atoms with van der Waals surface area (Å²) in [7, 11) is 7.36. The minimum atomic E-state index is -0.140. The van der Waals surface area contributed by atoms with Crippen molar-refractivity contribution < 1.29 is 14.3 Å². The Morgan fingerprint density at radius 2 is 1.64 bits per heavy atom. The van der Waals surface area contributed by atoms with Crippen LogP contribution in [0.4, 0.5) is 5.69 Å². The first-order chi connectivity index (χ1) is 16.0. The van der Waals surface area contributed by atoms with E-state index in [0.717, 1.165) is 35.4 Å². The van der Waals surface area contributed by atoms with Crippen LogP contribution in [-0.4, -0.2) is 45.7 Å². The highest BCUT2D eigenvalue weighted by molar-refractivity contribution is 5.78. The Balaban J connectivity index is 1.61. The van der Waals surface area contributed by atoms with Crippen LogP contribution in [0.25, 0.3) is 0 Å². The molecule has 3 aromatic carbocycles. The molecule has 0 bridgehead atoms. The standard InChI is InChI=1S/C28H32N2O3/c1-29(2)23-13-10-20(11-14-23)12-15-27(31)30-17-16-22-18-25(32-3)26(33-4)19-24(22)28(30)21-8-6-5-7-9-21/h5-11,13-14,18-19,28H,12,15-17H2,1-4H3. The summed E-state index contributed by atoms with van der Waals surface area (Å²) in [5, 5.41) is 0. The van der Waals surface area contributed by atoms with Crippen LogP contribution in [0.2, 0.25) is 0 Å². The molecule has 0 aliphatic carbocycles. The Morgan fingerprint density at radius 3 is 2.27 bits per heavy atom. The SMILES string of the molecule is COc1cc2c(cc1OC)C(c1ccccc1)N(C(=O)CCc1ccc(N(C)C)cc1)CC2. The lowest BCUT2D eigenvalue weighted by atomic mass is 9.87. The molecule has 0 saturated heterocycles. The summed E-state index contributed by atoms with van der Waals surface area (Å²) in [5.41, 5.74) is 5.74. The molecule has 0 radical (unpaired) electrons. The molecule has 1 heterocycles. The van der Waals surface area contributed by atoms with Crippen LogP contribution in [-0.2, 0) is 17.6 Å². The van der Waals surface area contributed by atoms with Crippen molar-refractivity contribution in [2.75, 3.05) is 39.8 Å². The fourth-order valence-corrected chi connectivity index (χ4v) is 4.56. The lowest BCUT2D eigenvalue weighted by Crippen LogP contribution is -2.40. The quantitative estimate of drug-likeness (QED) is 0.521. The number of hydrogen-bond acceptors (Lipinski definition) is 4. The van der Waals surface area contributed by atoms with Crippen molar-refractivity contribution in [3.8, 4) is 11.5 Å². The summed E-state index contributed by atoms with van der Waals surface area (Å²) in [4.78, 5) is 17.6. The number of ether oxygens (including phenoxy) is 2. The topological polar surface area (TPSA) is 42.0 Å². The summed E-state index contributed by atoms with van der Waals surface area (Å²) in [6.45, 7) is 0.681. The molecule has 3 aromatic rings. The van der Waals surface area contributed by atoms with E-state index in [2.05, 4.69) is 47.4 Å². The number of benzene rings is 3. The van der Waals surface area contributed by atoms with E-state index in [1.54, 1.807) is 14.2 Å². The molecule has 0 aromatic heterocycles. The van der Waals surface area contributed by atoms with Gasteiger partial charge in [0.1, 0.15) is 0 Å². The molecule has 5 heteroatoms. The molecule has 33 heavy (non-hydrogen) atoms. The third kappa shape index (κ3) is 4.82. The van der Waals surface area contributed by atoms with Crippen molar-refractivity contribution in [1.82, 2.24) is 4.90 Å². The molecule has 1 amide bonds. The van der Waals surface area contributed by atoms with Crippen molar-refractivity contribution in [1.29, 1.82) is 0 Å². The number of carbonyl (C=O) groups excluding carboxylic acids is 1. The van der Waals surface area contributed by atoms with Gasteiger partial charge < -0.3 is 19.3 Å². The number of carbonyl (C=O) groups is 1. The normalized spacial score (nSPS) is 15.0. The summed E-state index contributed by atoms with van der Waals surface area (Å²) >= 11 is 0. The molecule has 1 aliphatic rings. The molecule has 1 aliphatic heterocycles. The number of aryl methyl sites for hydroxylation is 1. The number of rotatable bonds is 7. The van der Waals surface area contributed by atoms with Gasteiger partial charge in [-0.2, -0.15) is 0 Å². The third-order valence-electron chi connectivity index (χ3n) is 6.39. The first kappa shape index (κ1) is 22.7. The van der Waals surface area contributed by atoms with E-state index in [9.17, 15) is 4.79 Å². The number of anilines is 1. The second kappa shape index (κ2) is 9.99. The number of nitrogens with zero attached hydrogens (tertiary/aromatic N) is 2. The van der Waals surface area contributed by atoms with Crippen molar-refractivity contribution in [2.45, 2.75) is 25.3 Å². The second-order valence-corrected chi connectivity index (χ2v) is 8.62. The van der Waals surface area contributed by atoms with Crippen LogP contribution in [0.3, 0.4) is 0 Å². The Morgan fingerprint density at radius 1 is 0.970 bits per heavy atom. The molecule has 4 rings (SSSR count).